The largest absolute Gasteiger partial charge is 0.371 e. The molecule has 2 fully saturated rings. The maximum absolute atomic E-state index is 11.1. The van der Waals surface area contributed by atoms with E-state index in [-0.39, 0.29) is 5.75 Å². The molecule has 0 saturated carbocycles. The van der Waals surface area contributed by atoms with Crippen molar-refractivity contribution in [3.63, 3.8) is 0 Å². The molecule has 2 aliphatic heterocycles. The third-order valence-corrected chi connectivity index (χ3v) is 15.0. The Hall–Kier alpha value is -2.98. The maximum atomic E-state index is 11.1. The highest BCUT2D eigenvalue weighted by atomic mass is 127. The van der Waals surface area contributed by atoms with E-state index in [0.717, 1.165) is 76.6 Å². The minimum atomic E-state index is -3.89. The van der Waals surface area contributed by atoms with Gasteiger partial charge in [0.2, 0.25) is 0 Å². The summed E-state index contributed by atoms with van der Waals surface area (Å²) in [6.07, 6.45) is 10.8. The fourth-order valence-corrected chi connectivity index (χ4v) is 12.7. The lowest BCUT2D eigenvalue weighted by molar-refractivity contribution is 0.389. The molecule has 9 nitrogen and oxygen atoms in total. The summed E-state index contributed by atoms with van der Waals surface area (Å²) in [6.45, 7) is 21.2. The van der Waals surface area contributed by atoms with Crippen LogP contribution < -0.4 is 9.80 Å². The molecule has 2 saturated heterocycles. The monoisotopic (exact) mass is 1080 g/mol. The van der Waals surface area contributed by atoms with Crippen LogP contribution in [0.15, 0.2) is 57.7 Å². The van der Waals surface area contributed by atoms with E-state index in [1.807, 2.05) is 6.92 Å². The van der Waals surface area contributed by atoms with Crippen LogP contribution in [0.25, 0.3) is 33.4 Å². The molecule has 0 bridgehead atoms. The number of nitrogens with zero attached hydrogens (tertiary/aromatic N) is 6. The van der Waals surface area contributed by atoms with Gasteiger partial charge in [0.25, 0.3) is 10.1 Å². The normalized spacial score (nSPS) is 15.5. The Balaban J connectivity index is 0.000000185. The van der Waals surface area contributed by atoms with Crippen molar-refractivity contribution in [3.8, 4) is 11.4 Å². The molecule has 2 aromatic carbocycles. The van der Waals surface area contributed by atoms with E-state index in [9.17, 15) is 8.42 Å². The van der Waals surface area contributed by atoms with Crippen molar-refractivity contribution in [2.24, 2.45) is 11.8 Å². The summed E-state index contributed by atoms with van der Waals surface area (Å²) in [7, 11) is -3.89. The first-order valence-corrected chi connectivity index (χ1v) is 26.2. The number of aryl methyl sites for hydroxylation is 8. The van der Waals surface area contributed by atoms with Crippen LogP contribution in [-0.2, 0) is 10.1 Å². The van der Waals surface area contributed by atoms with Crippen molar-refractivity contribution >= 4 is 98.0 Å². The topological polar surface area (TPSA) is 96.5 Å². The summed E-state index contributed by atoms with van der Waals surface area (Å²) in [4.78, 5) is 14.9. The molecular formula is C48H59Br2IN6O3S. The molecule has 0 atom stereocenters. The smallest absolute Gasteiger partial charge is 0.264 e. The summed E-state index contributed by atoms with van der Waals surface area (Å²) < 4.78 is 39.3. The lowest BCUT2D eigenvalue weighted by Crippen LogP contribution is -2.34. The second kappa shape index (κ2) is 19.0. The van der Waals surface area contributed by atoms with Gasteiger partial charge >= 0.3 is 0 Å². The van der Waals surface area contributed by atoms with Gasteiger partial charge in [-0.2, -0.15) is 8.42 Å². The number of piperidine rings is 2. The fourth-order valence-electron chi connectivity index (χ4n) is 9.82. The Morgan fingerprint density at radius 2 is 0.967 bits per heavy atom. The van der Waals surface area contributed by atoms with Gasteiger partial charge in [0.1, 0.15) is 11.3 Å². The summed E-state index contributed by atoms with van der Waals surface area (Å²) in [6, 6.07) is 13.1. The zero-order valence-electron chi connectivity index (χ0n) is 36.7. The second-order valence-electron chi connectivity index (χ2n) is 17.5. The third kappa shape index (κ3) is 10.2. The second-order valence-corrected chi connectivity index (χ2v) is 22.0. The average molecular weight is 1090 g/mol. The number of pyridine rings is 2. The molecule has 8 rings (SSSR count). The van der Waals surface area contributed by atoms with Gasteiger partial charge in [-0.25, -0.2) is 9.97 Å². The van der Waals surface area contributed by atoms with Gasteiger partial charge in [-0.3, -0.25) is 4.55 Å². The molecule has 0 amide bonds. The number of aromatic nitrogens is 4. The van der Waals surface area contributed by atoms with Gasteiger partial charge in [-0.1, -0.05) is 54.5 Å². The molecule has 6 heterocycles. The first-order chi connectivity index (χ1) is 28.9. The fraction of sp³-hybridized carbons (Fsp3) is 0.458. The van der Waals surface area contributed by atoms with E-state index >= 15 is 0 Å². The molecule has 13 heteroatoms. The lowest BCUT2D eigenvalue weighted by atomic mass is 9.93. The van der Waals surface area contributed by atoms with Crippen molar-refractivity contribution in [2.75, 3.05) is 46.2 Å². The van der Waals surface area contributed by atoms with Crippen LogP contribution >= 0.6 is 54.5 Å². The van der Waals surface area contributed by atoms with Gasteiger partial charge < -0.3 is 18.9 Å². The maximum Gasteiger partial charge on any atom is 0.264 e. The molecule has 0 unspecified atom stereocenters. The number of benzene rings is 2. The number of fused-ring (bicyclic) bond motifs is 2. The standard InChI is InChI=1S/C24H29BrIN3.C24H30BrN3O3S/c1-15-11-20(25)12-16(2)23(15)29-14-17(3)22-21(13-18(4)27-24(22)29)28-9-6-19(5-8-26)7-10-28;1-15-11-20(25)12-16(2)23(15)28-14-17(3)22-21(13-18(4)26-24(22)28)27-8-5-19(6-9-27)7-10-32(29,30)31/h11-14,19H,5-10H2,1-4H3;11-14,19H,5-10H2,1-4H3,(H,29,30,31). The molecular weight excluding hydrogens is 1030 g/mol. The quantitative estimate of drug-likeness (QED) is 0.0875. The Morgan fingerprint density at radius 3 is 1.31 bits per heavy atom. The van der Waals surface area contributed by atoms with Crippen LogP contribution in [0.1, 0.15) is 83.3 Å². The minimum Gasteiger partial charge on any atom is -0.371 e. The minimum absolute atomic E-state index is 0.149. The Morgan fingerprint density at radius 1 is 0.607 bits per heavy atom. The van der Waals surface area contributed by atoms with E-state index in [4.69, 9.17) is 14.5 Å². The van der Waals surface area contributed by atoms with Crippen LogP contribution in [-0.4, -0.2) is 68.4 Å². The highest BCUT2D eigenvalue weighted by Crippen LogP contribution is 2.39. The molecule has 0 radical (unpaired) electrons. The van der Waals surface area contributed by atoms with Crippen molar-refractivity contribution in [1.29, 1.82) is 0 Å². The van der Waals surface area contributed by atoms with E-state index < -0.39 is 10.1 Å². The highest BCUT2D eigenvalue weighted by molar-refractivity contribution is 14.1. The summed E-state index contributed by atoms with van der Waals surface area (Å²) in [5.41, 5.74) is 16.5. The van der Waals surface area contributed by atoms with Crippen molar-refractivity contribution < 1.29 is 13.0 Å². The van der Waals surface area contributed by atoms with E-state index in [0.29, 0.717) is 12.3 Å². The van der Waals surface area contributed by atoms with Crippen LogP contribution in [0.3, 0.4) is 0 Å². The predicted octanol–water partition coefficient (Wildman–Crippen LogP) is 12.6. The SMILES string of the molecule is Cc1cc(N2CCC(CCI)CC2)c2c(C)cn(-c3c(C)cc(Br)cc3C)c2n1.Cc1cc(N2CCC(CCS(=O)(=O)O)CC2)c2c(C)cn(-c3c(C)cc(Br)cc3C)c2n1. The number of alkyl halides is 1. The van der Waals surface area contributed by atoms with Crippen LogP contribution in [0.2, 0.25) is 0 Å². The number of hydrogen-bond donors (Lipinski definition) is 1. The average Bonchev–Trinajstić information content (AvgIpc) is 3.68. The molecule has 61 heavy (non-hydrogen) atoms. The van der Waals surface area contributed by atoms with Gasteiger partial charge in [0, 0.05) is 81.1 Å². The van der Waals surface area contributed by atoms with Crippen LogP contribution in [0.4, 0.5) is 11.4 Å². The summed E-state index contributed by atoms with van der Waals surface area (Å²) in [5, 5.41) is 2.48. The van der Waals surface area contributed by atoms with E-state index in [1.165, 1.54) is 90.6 Å². The number of hydrogen-bond acceptors (Lipinski definition) is 6. The molecule has 1 N–H and O–H groups in total. The number of halogens is 3. The third-order valence-electron chi connectivity index (χ3n) is 12.7. The zero-order valence-corrected chi connectivity index (χ0v) is 42.9. The first-order valence-electron chi connectivity index (χ1n) is 21.5. The summed E-state index contributed by atoms with van der Waals surface area (Å²) >= 11 is 9.75. The van der Waals surface area contributed by atoms with Gasteiger partial charge in [0.05, 0.1) is 17.1 Å². The molecule has 0 spiro atoms. The van der Waals surface area contributed by atoms with E-state index in [2.05, 4.69) is 171 Å². The molecule has 0 aliphatic carbocycles. The van der Waals surface area contributed by atoms with Gasteiger partial charge in [0.15, 0.2) is 0 Å². The Labute approximate surface area is 392 Å². The van der Waals surface area contributed by atoms with Crippen LogP contribution in [0.5, 0.6) is 0 Å². The Kier molecular flexibility index (Phi) is 14.3. The predicted molar refractivity (Wildman–Crippen MR) is 270 cm³/mol. The van der Waals surface area contributed by atoms with Crippen LogP contribution in [0, 0.1) is 67.2 Å². The van der Waals surface area contributed by atoms with E-state index in [1.54, 1.807) is 0 Å². The highest BCUT2D eigenvalue weighted by Gasteiger charge is 2.26. The molecule has 326 valence electrons. The Bertz CT molecular complexity index is 2650. The van der Waals surface area contributed by atoms with Gasteiger partial charge in [-0.05, 0) is 180 Å². The van der Waals surface area contributed by atoms with Crippen molar-refractivity contribution in [3.05, 3.63) is 103 Å². The molecule has 4 aromatic heterocycles. The zero-order chi connectivity index (χ0) is 43.9. The van der Waals surface area contributed by atoms with Crippen molar-refractivity contribution in [1.82, 2.24) is 19.1 Å². The van der Waals surface area contributed by atoms with Crippen molar-refractivity contribution in [2.45, 2.75) is 93.9 Å². The summed E-state index contributed by atoms with van der Waals surface area (Å²) in [5.74, 6) is 1.06. The molecule has 6 aromatic rings. The lowest BCUT2D eigenvalue weighted by Gasteiger charge is -2.34. The van der Waals surface area contributed by atoms with Gasteiger partial charge in [-0.15, -0.1) is 0 Å². The first kappa shape index (κ1) is 46.0. The number of rotatable bonds is 9. The number of anilines is 2. The molecule has 2 aliphatic rings.